The summed E-state index contributed by atoms with van der Waals surface area (Å²) in [5.74, 6) is -0.240. The zero-order valence-corrected chi connectivity index (χ0v) is 10.2. The lowest BCUT2D eigenvalue weighted by Gasteiger charge is -2.38. The minimum Gasteiger partial charge on any atom is -0.394 e. The van der Waals surface area contributed by atoms with E-state index in [1.165, 1.54) is 7.11 Å². The van der Waals surface area contributed by atoms with Crippen LogP contribution in [0.1, 0.15) is 0 Å². The van der Waals surface area contributed by atoms with Crippen LogP contribution in [0.2, 0.25) is 0 Å². The van der Waals surface area contributed by atoms with Gasteiger partial charge in [-0.05, 0) is 0 Å². The number of guanidine groups is 1. The molecular weight excluding hydrogens is 260 g/mol. The Hall–Kier alpha value is -1.46. The second-order valence-corrected chi connectivity index (χ2v) is 4.18. The first-order valence-corrected chi connectivity index (χ1v) is 5.60. The largest absolute Gasteiger partial charge is 0.394 e. The fourth-order valence-electron chi connectivity index (χ4n) is 1.99. The highest BCUT2D eigenvalue weighted by Gasteiger charge is 2.48. The number of carbonyl (C=O) groups excluding carboxylic acids is 1. The molecule has 0 aromatic heterocycles. The quantitative estimate of drug-likeness (QED) is 0.375. The van der Waals surface area contributed by atoms with E-state index in [9.17, 15) is 15.0 Å². The molecule has 108 valence electrons. The van der Waals surface area contributed by atoms with Crippen LogP contribution in [0.4, 0.5) is 4.79 Å². The standard InChI is InChI=1S/C9H16N4O6/c1-18-13-3-12(9(17)11-8(13)10)7-6(16)5(15)4(2-14)19-7/h4-7,14-16H,2-3H2,1H3,(H2,10,11,17)/t4-,5-,6-,7-/m1/s1. The van der Waals surface area contributed by atoms with Crippen LogP contribution in [0, 0.1) is 5.41 Å². The minimum absolute atomic E-state index is 0.145. The van der Waals surface area contributed by atoms with Crippen molar-refractivity contribution < 1.29 is 29.7 Å². The van der Waals surface area contributed by atoms with Crippen molar-refractivity contribution in [2.24, 2.45) is 0 Å². The topological polar surface area (TPSA) is 139 Å². The van der Waals surface area contributed by atoms with Gasteiger partial charge in [-0.15, -0.1) is 0 Å². The lowest BCUT2D eigenvalue weighted by molar-refractivity contribution is -0.148. The number of carbonyl (C=O) groups is 1. The third-order valence-electron chi connectivity index (χ3n) is 3.06. The van der Waals surface area contributed by atoms with E-state index < -0.39 is 37.2 Å². The number of aliphatic hydroxyl groups excluding tert-OH is 3. The highest BCUT2D eigenvalue weighted by Crippen LogP contribution is 2.25. The molecule has 0 bridgehead atoms. The fraction of sp³-hybridized carbons (Fsp3) is 0.778. The van der Waals surface area contributed by atoms with Gasteiger partial charge in [-0.25, -0.2) is 9.86 Å². The van der Waals surface area contributed by atoms with Crippen molar-refractivity contribution >= 4 is 12.0 Å². The molecule has 0 aliphatic carbocycles. The molecule has 2 saturated heterocycles. The number of nitrogens with one attached hydrogen (secondary N) is 2. The van der Waals surface area contributed by atoms with Gasteiger partial charge in [-0.3, -0.25) is 20.5 Å². The molecule has 0 saturated carbocycles. The van der Waals surface area contributed by atoms with E-state index in [-0.39, 0.29) is 12.6 Å². The highest BCUT2D eigenvalue weighted by atomic mass is 16.7. The SMILES string of the molecule is CON1CN([C@@H]2O[C@H](CO)[C@@H](O)[C@H]2O)C(=O)NC1=N. The molecular formula is C9H16N4O6. The van der Waals surface area contributed by atoms with Crippen molar-refractivity contribution in [1.82, 2.24) is 15.3 Å². The van der Waals surface area contributed by atoms with Crippen molar-refractivity contribution in [2.75, 3.05) is 20.4 Å². The van der Waals surface area contributed by atoms with Gasteiger partial charge in [0.1, 0.15) is 25.0 Å². The Morgan fingerprint density at radius 1 is 1.53 bits per heavy atom. The smallest absolute Gasteiger partial charge is 0.327 e. The summed E-state index contributed by atoms with van der Waals surface area (Å²) in [5, 5.41) is 39.2. The van der Waals surface area contributed by atoms with Gasteiger partial charge in [-0.2, -0.15) is 0 Å². The van der Waals surface area contributed by atoms with Gasteiger partial charge in [-0.1, -0.05) is 0 Å². The Morgan fingerprint density at radius 2 is 2.21 bits per heavy atom. The normalized spacial score (nSPS) is 35.8. The highest BCUT2D eigenvalue weighted by molar-refractivity contribution is 5.96. The Labute approximate surface area is 108 Å². The van der Waals surface area contributed by atoms with E-state index in [2.05, 4.69) is 5.32 Å². The summed E-state index contributed by atoms with van der Waals surface area (Å²) < 4.78 is 5.24. The average molecular weight is 276 g/mol. The van der Waals surface area contributed by atoms with Crippen LogP contribution in [0.15, 0.2) is 0 Å². The number of rotatable bonds is 3. The van der Waals surface area contributed by atoms with Crippen LogP contribution < -0.4 is 5.32 Å². The third-order valence-corrected chi connectivity index (χ3v) is 3.06. The summed E-state index contributed by atoms with van der Waals surface area (Å²) in [6.45, 7) is -0.623. The Balaban J connectivity index is 2.13. The van der Waals surface area contributed by atoms with Crippen molar-refractivity contribution in [3.8, 4) is 0 Å². The summed E-state index contributed by atoms with van der Waals surface area (Å²) in [6, 6.07) is -0.659. The molecule has 19 heavy (non-hydrogen) atoms. The van der Waals surface area contributed by atoms with Crippen LogP contribution in [-0.2, 0) is 9.57 Å². The molecule has 0 aromatic carbocycles. The maximum atomic E-state index is 11.8. The van der Waals surface area contributed by atoms with Gasteiger partial charge in [0, 0.05) is 0 Å². The van der Waals surface area contributed by atoms with E-state index in [0.29, 0.717) is 0 Å². The second kappa shape index (κ2) is 5.27. The minimum atomic E-state index is -1.35. The molecule has 2 fully saturated rings. The van der Waals surface area contributed by atoms with Crippen molar-refractivity contribution in [2.45, 2.75) is 24.5 Å². The average Bonchev–Trinajstić information content (AvgIpc) is 2.67. The predicted molar refractivity (Wildman–Crippen MR) is 59.6 cm³/mol. The van der Waals surface area contributed by atoms with E-state index in [4.69, 9.17) is 20.1 Å². The number of hydroxylamine groups is 2. The van der Waals surface area contributed by atoms with Crippen LogP contribution in [-0.4, -0.2) is 82.2 Å². The third kappa shape index (κ3) is 2.35. The molecule has 2 heterocycles. The van der Waals surface area contributed by atoms with Crippen molar-refractivity contribution in [3.05, 3.63) is 0 Å². The molecule has 0 unspecified atom stereocenters. The molecule has 4 atom stereocenters. The maximum Gasteiger partial charge on any atom is 0.327 e. The van der Waals surface area contributed by atoms with Gasteiger partial charge in [0.15, 0.2) is 6.23 Å². The van der Waals surface area contributed by atoms with Crippen LogP contribution in [0.25, 0.3) is 0 Å². The number of amides is 2. The zero-order chi connectivity index (χ0) is 14.2. The molecule has 5 N–H and O–H groups in total. The first-order valence-electron chi connectivity index (χ1n) is 5.60. The van der Waals surface area contributed by atoms with E-state index >= 15 is 0 Å². The zero-order valence-electron chi connectivity index (χ0n) is 10.2. The van der Waals surface area contributed by atoms with Gasteiger partial charge in [0.2, 0.25) is 5.96 Å². The van der Waals surface area contributed by atoms with Gasteiger partial charge in [0.25, 0.3) is 0 Å². The van der Waals surface area contributed by atoms with Gasteiger partial charge >= 0.3 is 6.03 Å². The maximum absolute atomic E-state index is 11.8. The number of ether oxygens (including phenoxy) is 1. The molecule has 10 nitrogen and oxygen atoms in total. The number of aliphatic hydroxyl groups is 3. The number of nitrogens with zero attached hydrogens (tertiary/aromatic N) is 2. The Morgan fingerprint density at radius 3 is 2.74 bits per heavy atom. The molecule has 2 aliphatic heterocycles. The van der Waals surface area contributed by atoms with Crippen LogP contribution in [0.3, 0.4) is 0 Å². The molecule has 0 aromatic rings. The molecule has 2 aliphatic rings. The van der Waals surface area contributed by atoms with Crippen LogP contribution >= 0.6 is 0 Å². The first-order chi connectivity index (χ1) is 8.99. The lowest BCUT2D eigenvalue weighted by atomic mass is 10.1. The monoisotopic (exact) mass is 276 g/mol. The predicted octanol–water partition coefficient (Wildman–Crippen LogP) is -2.79. The van der Waals surface area contributed by atoms with Gasteiger partial charge in [0.05, 0.1) is 13.7 Å². The summed E-state index contributed by atoms with van der Waals surface area (Å²) in [4.78, 5) is 17.7. The lowest BCUT2D eigenvalue weighted by Crippen LogP contribution is -2.63. The summed E-state index contributed by atoms with van der Waals surface area (Å²) in [7, 11) is 1.32. The van der Waals surface area contributed by atoms with E-state index in [1.807, 2.05) is 0 Å². The van der Waals surface area contributed by atoms with Crippen molar-refractivity contribution in [3.63, 3.8) is 0 Å². The summed E-state index contributed by atoms with van der Waals surface area (Å²) >= 11 is 0. The molecule has 2 rings (SSSR count). The van der Waals surface area contributed by atoms with Crippen molar-refractivity contribution in [1.29, 1.82) is 5.41 Å². The first kappa shape index (κ1) is 14.0. The Kier molecular flexibility index (Phi) is 3.87. The number of hydrogen-bond donors (Lipinski definition) is 5. The molecule has 0 radical (unpaired) electrons. The summed E-state index contributed by atoms with van der Waals surface area (Å²) in [6.07, 6.45) is -4.74. The van der Waals surface area contributed by atoms with E-state index in [0.717, 1.165) is 9.96 Å². The summed E-state index contributed by atoms with van der Waals surface area (Å²) in [5.41, 5.74) is 0. The molecule has 0 spiro atoms. The molecule has 2 amide bonds. The number of hydrogen-bond acceptors (Lipinski definition) is 7. The van der Waals surface area contributed by atoms with Crippen LogP contribution in [0.5, 0.6) is 0 Å². The number of urea groups is 1. The van der Waals surface area contributed by atoms with E-state index in [1.54, 1.807) is 0 Å². The Bertz CT molecular complexity index is 380. The second-order valence-electron chi connectivity index (χ2n) is 4.18. The molecule has 10 heteroatoms. The van der Waals surface area contributed by atoms with Gasteiger partial charge < -0.3 is 20.1 Å². The fourth-order valence-corrected chi connectivity index (χ4v) is 1.99.